The Labute approximate surface area is 157 Å². The van der Waals surface area contributed by atoms with Gasteiger partial charge in [-0.2, -0.15) is 0 Å². The number of halogens is 1. The Morgan fingerprint density at radius 3 is 2.08 bits per heavy atom. The van der Waals surface area contributed by atoms with Crippen LogP contribution in [-0.2, 0) is 4.74 Å². The first-order valence-corrected chi connectivity index (χ1v) is 8.60. The van der Waals surface area contributed by atoms with Crippen LogP contribution in [-0.4, -0.2) is 11.8 Å². The molecule has 1 atom stereocenters. The van der Waals surface area contributed by atoms with Crippen molar-refractivity contribution in [3.8, 4) is 0 Å². The minimum absolute atomic E-state index is 0.219. The molecule has 3 aromatic rings. The number of carbonyl (C=O) groups excluding carboxylic acids is 2. The van der Waals surface area contributed by atoms with Gasteiger partial charge in [-0.15, -0.1) is 0 Å². The molecule has 3 nitrogen and oxygen atoms in total. The van der Waals surface area contributed by atoms with E-state index in [1.54, 1.807) is 67.6 Å². The summed E-state index contributed by atoms with van der Waals surface area (Å²) in [5.74, 6) is -0.777. The molecule has 0 amide bonds. The molecule has 0 saturated carbocycles. The fourth-order valence-corrected chi connectivity index (χ4v) is 2.99. The Hall–Kier alpha value is -2.91. The molecule has 0 heterocycles. The van der Waals surface area contributed by atoms with Crippen LogP contribution < -0.4 is 0 Å². The number of benzene rings is 3. The lowest BCUT2D eigenvalue weighted by molar-refractivity contribution is 0.0336. The van der Waals surface area contributed by atoms with Crippen molar-refractivity contribution >= 4 is 23.4 Å². The number of hydrogen-bond donors (Lipinski definition) is 0. The number of esters is 1. The summed E-state index contributed by atoms with van der Waals surface area (Å²) in [4.78, 5) is 25.4. The average Bonchev–Trinajstić information content (AvgIpc) is 2.68. The zero-order valence-electron chi connectivity index (χ0n) is 14.2. The van der Waals surface area contributed by atoms with Gasteiger partial charge in [-0.3, -0.25) is 4.79 Å². The van der Waals surface area contributed by atoms with Crippen LogP contribution in [0.4, 0.5) is 0 Å². The van der Waals surface area contributed by atoms with Crippen LogP contribution in [0.1, 0.15) is 44.9 Å². The van der Waals surface area contributed by atoms with Crippen LogP contribution in [0.3, 0.4) is 0 Å². The molecule has 0 fully saturated rings. The highest BCUT2D eigenvalue weighted by Gasteiger charge is 2.21. The normalized spacial score (nSPS) is 11.6. The SMILES string of the molecule is C[C@@H](OC(=O)c1ccccc1C(=O)c1ccccc1)c1ccccc1Cl. The van der Waals surface area contributed by atoms with E-state index in [0.717, 1.165) is 5.56 Å². The lowest BCUT2D eigenvalue weighted by Gasteiger charge is -2.16. The summed E-state index contributed by atoms with van der Waals surface area (Å²) >= 11 is 6.16. The minimum Gasteiger partial charge on any atom is -0.454 e. The first kappa shape index (κ1) is 17.9. The van der Waals surface area contributed by atoms with E-state index in [2.05, 4.69) is 0 Å². The second-order valence-electron chi connectivity index (χ2n) is 5.81. The highest BCUT2D eigenvalue weighted by molar-refractivity contribution is 6.31. The van der Waals surface area contributed by atoms with E-state index < -0.39 is 12.1 Å². The Morgan fingerprint density at radius 1 is 0.808 bits per heavy atom. The van der Waals surface area contributed by atoms with Gasteiger partial charge in [-0.05, 0) is 19.1 Å². The average molecular weight is 365 g/mol. The third kappa shape index (κ3) is 3.84. The number of ether oxygens (including phenoxy) is 1. The van der Waals surface area contributed by atoms with Crippen LogP contribution >= 0.6 is 11.6 Å². The third-order valence-electron chi connectivity index (χ3n) is 4.05. The molecular formula is C22H17ClO3. The molecule has 3 rings (SSSR count). The summed E-state index contributed by atoms with van der Waals surface area (Å²) in [6.07, 6.45) is -0.531. The monoisotopic (exact) mass is 364 g/mol. The van der Waals surface area contributed by atoms with E-state index in [4.69, 9.17) is 16.3 Å². The van der Waals surface area contributed by atoms with Crippen molar-refractivity contribution in [2.45, 2.75) is 13.0 Å². The summed E-state index contributed by atoms with van der Waals surface area (Å²) < 4.78 is 5.55. The molecule has 0 aromatic heterocycles. The summed E-state index contributed by atoms with van der Waals surface area (Å²) in [6.45, 7) is 1.75. The summed E-state index contributed by atoms with van der Waals surface area (Å²) in [7, 11) is 0. The quantitative estimate of drug-likeness (QED) is 0.444. The number of rotatable bonds is 5. The van der Waals surface area contributed by atoms with Gasteiger partial charge in [-0.25, -0.2) is 4.79 Å². The van der Waals surface area contributed by atoms with Gasteiger partial charge < -0.3 is 4.74 Å². The van der Waals surface area contributed by atoms with Crippen molar-refractivity contribution in [2.24, 2.45) is 0 Å². The zero-order chi connectivity index (χ0) is 18.5. The highest BCUT2D eigenvalue weighted by Crippen LogP contribution is 2.26. The molecule has 0 unspecified atom stereocenters. The van der Waals surface area contributed by atoms with E-state index in [0.29, 0.717) is 16.1 Å². The zero-order valence-corrected chi connectivity index (χ0v) is 14.9. The summed E-state index contributed by atoms with van der Waals surface area (Å²) in [5, 5.41) is 0.529. The summed E-state index contributed by atoms with van der Waals surface area (Å²) in [6, 6.07) is 22.7. The molecule has 3 aromatic carbocycles. The lowest BCUT2D eigenvalue weighted by atomic mass is 9.98. The first-order chi connectivity index (χ1) is 12.6. The van der Waals surface area contributed by atoms with E-state index in [9.17, 15) is 9.59 Å². The predicted molar refractivity (Wildman–Crippen MR) is 102 cm³/mol. The fraction of sp³-hybridized carbons (Fsp3) is 0.0909. The van der Waals surface area contributed by atoms with Gasteiger partial charge in [0.05, 0.1) is 5.56 Å². The molecule has 130 valence electrons. The van der Waals surface area contributed by atoms with Crippen molar-refractivity contribution in [3.05, 3.63) is 106 Å². The topological polar surface area (TPSA) is 43.4 Å². The Morgan fingerprint density at radius 2 is 1.38 bits per heavy atom. The largest absolute Gasteiger partial charge is 0.454 e. The molecule has 4 heteroatoms. The second-order valence-corrected chi connectivity index (χ2v) is 6.22. The van der Waals surface area contributed by atoms with Gasteiger partial charge in [0, 0.05) is 21.7 Å². The van der Waals surface area contributed by atoms with E-state index in [1.807, 2.05) is 18.2 Å². The molecule has 0 N–H and O–H groups in total. The smallest absolute Gasteiger partial charge is 0.339 e. The molecule has 0 radical (unpaired) electrons. The van der Waals surface area contributed by atoms with Crippen molar-refractivity contribution in [2.75, 3.05) is 0 Å². The molecule has 0 saturated heterocycles. The van der Waals surface area contributed by atoms with Gasteiger partial charge in [0.1, 0.15) is 6.10 Å². The highest BCUT2D eigenvalue weighted by atomic mass is 35.5. The van der Waals surface area contributed by atoms with Crippen molar-refractivity contribution in [1.29, 1.82) is 0 Å². The first-order valence-electron chi connectivity index (χ1n) is 8.22. The standard InChI is InChI=1S/C22H17ClO3/c1-15(17-11-7-8-14-20(17)23)26-22(25)19-13-6-5-12-18(19)21(24)16-9-3-2-4-10-16/h2-15H,1H3/t15-/m1/s1. The second kappa shape index (κ2) is 7.98. The van der Waals surface area contributed by atoms with Gasteiger partial charge in [0.15, 0.2) is 5.78 Å². The molecular weight excluding hydrogens is 348 g/mol. The van der Waals surface area contributed by atoms with Crippen molar-refractivity contribution in [3.63, 3.8) is 0 Å². The van der Waals surface area contributed by atoms with Gasteiger partial charge >= 0.3 is 5.97 Å². The fourth-order valence-electron chi connectivity index (χ4n) is 2.70. The Bertz CT molecular complexity index is 935. The molecule has 0 bridgehead atoms. The summed E-state index contributed by atoms with van der Waals surface area (Å²) in [5.41, 5.74) is 1.79. The maximum Gasteiger partial charge on any atom is 0.339 e. The number of ketones is 1. The Kier molecular flexibility index (Phi) is 5.49. The lowest BCUT2D eigenvalue weighted by Crippen LogP contribution is -2.14. The maximum atomic E-state index is 12.8. The third-order valence-corrected chi connectivity index (χ3v) is 4.40. The molecule has 0 aliphatic rings. The van der Waals surface area contributed by atoms with Gasteiger partial charge in [-0.1, -0.05) is 78.3 Å². The van der Waals surface area contributed by atoms with Crippen LogP contribution in [0.5, 0.6) is 0 Å². The van der Waals surface area contributed by atoms with Gasteiger partial charge in [0.25, 0.3) is 0 Å². The number of carbonyl (C=O) groups is 2. The minimum atomic E-state index is -0.558. The maximum absolute atomic E-state index is 12.8. The van der Waals surface area contributed by atoms with Crippen LogP contribution in [0, 0.1) is 0 Å². The van der Waals surface area contributed by atoms with E-state index in [-0.39, 0.29) is 11.3 Å². The molecule has 0 aliphatic carbocycles. The van der Waals surface area contributed by atoms with Crippen LogP contribution in [0.25, 0.3) is 0 Å². The molecule has 0 spiro atoms. The van der Waals surface area contributed by atoms with E-state index in [1.165, 1.54) is 0 Å². The number of hydrogen-bond acceptors (Lipinski definition) is 3. The van der Waals surface area contributed by atoms with Crippen LogP contribution in [0.2, 0.25) is 5.02 Å². The van der Waals surface area contributed by atoms with E-state index >= 15 is 0 Å². The Balaban J connectivity index is 1.87. The predicted octanol–water partition coefficient (Wildman–Crippen LogP) is 5.49. The van der Waals surface area contributed by atoms with Crippen LogP contribution in [0.15, 0.2) is 78.9 Å². The van der Waals surface area contributed by atoms with Crippen molar-refractivity contribution in [1.82, 2.24) is 0 Å². The molecule has 26 heavy (non-hydrogen) atoms. The van der Waals surface area contributed by atoms with Gasteiger partial charge in [0.2, 0.25) is 0 Å². The van der Waals surface area contributed by atoms with Crippen molar-refractivity contribution < 1.29 is 14.3 Å². The molecule has 0 aliphatic heterocycles.